The van der Waals surface area contributed by atoms with Gasteiger partial charge < -0.3 is 11.5 Å². The van der Waals surface area contributed by atoms with Crippen molar-refractivity contribution in [1.82, 2.24) is 0 Å². The number of nitrogens with two attached hydrogens (primary N) is 2. The molecule has 0 spiro atoms. The molecule has 0 rings (SSSR count). The fourth-order valence-electron chi connectivity index (χ4n) is 0.803. The van der Waals surface area contributed by atoms with Crippen LogP contribution in [0.25, 0.3) is 0 Å². The van der Waals surface area contributed by atoms with Gasteiger partial charge in [-0.15, -0.1) is 0 Å². The van der Waals surface area contributed by atoms with Crippen LogP contribution in [0, 0.1) is 5.92 Å². The number of hydrogen-bond acceptors (Lipinski definition) is 4. The second-order valence-corrected chi connectivity index (χ2v) is 3.92. The average molecular weight is 206 g/mol. The van der Waals surface area contributed by atoms with E-state index in [1.54, 1.807) is 0 Å². The molecule has 70 valence electrons. The van der Waals surface area contributed by atoms with E-state index in [9.17, 15) is 8.42 Å². The van der Waals surface area contributed by atoms with Gasteiger partial charge in [0.25, 0.3) is 10.1 Å². The Morgan fingerprint density at radius 1 is 1.33 bits per heavy atom. The molecule has 12 heavy (non-hydrogen) atoms. The molecule has 1 atom stereocenters. The van der Waals surface area contributed by atoms with Crippen LogP contribution >= 0.6 is 0 Å². The molecule has 0 aromatic carbocycles. The van der Waals surface area contributed by atoms with Crippen LogP contribution in [0.1, 0.15) is 6.42 Å². The predicted molar refractivity (Wildman–Crippen MR) is 49.8 cm³/mol. The molecule has 0 saturated heterocycles. The molecule has 5 nitrogen and oxygen atoms in total. The average Bonchev–Trinajstić information content (AvgIpc) is 1.84. The Balaban J connectivity index is 0. The molecule has 0 radical (unpaired) electrons. The van der Waals surface area contributed by atoms with Crippen LogP contribution in [0.15, 0.2) is 0 Å². The van der Waals surface area contributed by atoms with Gasteiger partial charge in [0.15, 0.2) is 0 Å². The van der Waals surface area contributed by atoms with E-state index in [1.807, 2.05) is 0 Å². The summed E-state index contributed by atoms with van der Waals surface area (Å²) in [4.78, 5) is 0. The van der Waals surface area contributed by atoms with Gasteiger partial charge in [0, 0.05) is 0 Å². The second-order valence-electron chi connectivity index (χ2n) is 2.43. The molecule has 5 N–H and O–H groups in total. The molecule has 0 aromatic heterocycles. The Morgan fingerprint density at radius 3 is 2.08 bits per heavy atom. The SMILES string of the molecule is NCCC(CN)CS(=O)(=O)O.[NaH]. The zero-order chi connectivity index (χ0) is 8.91. The molecule has 0 aromatic rings. The van der Waals surface area contributed by atoms with E-state index >= 15 is 0 Å². The third kappa shape index (κ3) is 8.92. The third-order valence-corrected chi connectivity index (χ3v) is 2.25. The van der Waals surface area contributed by atoms with Crippen molar-refractivity contribution in [3.63, 3.8) is 0 Å². The second kappa shape index (κ2) is 7.25. The van der Waals surface area contributed by atoms with Gasteiger partial charge in [-0.2, -0.15) is 8.42 Å². The molecular weight excluding hydrogens is 191 g/mol. The van der Waals surface area contributed by atoms with Gasteiger partial charge in [0.05, 0.1) is 5.75 Å². The third-order valence-electron chi connectivity index (χ3n) is 1.35. The van der Waals surface area contributed by atoms with Crippen molar-refractivity contribution in [3.8, 4) is 0 Å². The molecule has 0 heterocycles. The van der Waals surface area contributed by atoms with Crippen LogP contribution in [-0.4, -0.2) is 61.4 Å². The summed E-state index contributed by atoms with van der Waals surface area (Å²) in [7, 11) is -3.89. The summed E-state index contributed by atoms with van der Waals surface area (Å²) in [5, 5.41) is 0. The quantitative estimate of drug-likeness (QED) is 0.361. The minimum atomic E-state index is -3.89. The maximum atomic E-state index is 10.3. The van der Waals surface area contributed by atoms with Crippen LogP contribution in [0.2, 0.25) is 0 Å². The van der Waals surface area contributed by atoms with E-state index in [0.717, 1.165) is 0 Å². The van der Waals surface area contributed by atoms with Gasteiger partial charge in [-0.1, -0.05) is 0 Å². The number of rotatable bonds is 5. The van der Waals surface area contributed by atoms with E-state index < -0.39 is 10.1 Å². The maximum absolute atomic E-state index is 10.3. The summed E-state index contributed by atoms with van der Waals surface area (Å²) in [6.07, 6.45) is 0.524. The zero-order valence-electron chi connectivity index (χ0n) is 6.23. The normalized spacial score (nSPS) is 13.6. The van der Waals surface area contributed by atoms with Crippen molar-refractivity contribution in [2.24, 2.45) is 17.4 Å². The summed E-state index contributed by atoms with van der Waals surface area (Å²) in [6, 6.07) is 0. The summed E-state index contributed by atoms with van der Waals surface area (Å²) < 4.78 is 29.1. The Morgan fingerprint density at radius 2 is 1.83 bits per heavy atom. The molecule has 0 aliphatic rings. The van der Waals surface area contributed by atoms with Gasteiger partial charge in [0.1, 0.15) is 0 Å². The standard InChI is InChI=1S/C5H14N2O3S.Na.H/c6-2-1-5(3-7)4-11(8,9)10;;/h5H,1-4,6-7H2,(H,8,9,10);;. The van der Waals surface area contributed by atoms with Gasteiger partial charge in [-0.25, -0.2) is 0 Å². The van der Waals surface area contributed by atoms with Crippen molar-refractivity contribution in [2.75, 3.05) is 18.8 Å². The topological polar surface area (TPSA) is 106 Å². The van der Waals surface area contributed by atoms with Gasteiger partial charge in [0.2, 0.25) is 0 Å². The monoisotopic (exact) mass is 206 g/mol. The van der Waals surface area contributed by atoms with Crippen LogP contribution in [0.4, 0.5) is 0 Å². The number of hydrogen-bond donors (Lipinski definition) is 3. The van der Waals surface area contributed by atoms with E-state index in [0.29, 0.717) is 13.0 Å². The molecule has 0 saturated carbocycles. The van der Waals surface area contributed by atoms with E-state index in [4.69, 9.17) is 16.0 Å². The summed E-state index contributed by atoms with van der Waals surface area (Å²) in [5.74, 6) is -0.518. The molecule has 7 heteroatoms. The molecule has 1 unspecified atom stereocenters. The van der Waals surface area contributed by atoms with Crippen molar-refractivity contribution in [3.05, 3.63) is 0 Å². The summed E-state index contributed by atoms with van der Waals surface area (Å²) >= 11 is 0. The predicted octanol–water partition coefficient (Wildman–Crippen LogP) is -1.85. The first-order chi connectivity index (χ1) is 4.99. The van der Waals surface area contributed by atoms with E-state index in [2.05, 4.69) is 0 Å². The molecule has 0 fully saturated rings. The van der Waals surface area contributed by atoms with Gasteiger partial charge in [-0.05, 0) is 25.4 Å². The van der Waals surface area contributed by atoms with Crippen molar-refractivity contribution >= 4 is 39.7 Å². The van der Waals surface area contributed by atoms with E-state index in [-0.39, 0.29) is 47.8 Å². The molecular formula is C5H15N2NaO3S. The Labute approximate surface area is 94.9 Å². The fraction of sp³-hybridized carbons (Fsp3) is 1.00. The van der Waals surface area contributed by atoms with E-state index in [1.165, 1.54) is 0 Å². The van der Waals surface area contributed by atoms with Crippen LogP contribution in [0.3, 0.4) is 0 Å². The first kappa shape index (κ1) is 15.3. The Bertz CT molecular complexity index is 195. The van der Waals surface area contributed by atoms with Gasteiger partial charge >= 0.3 is 29.6 Å². The first-order valence-electron chi connectivity index (χ1n) is 3.35. The minimum absolute atomic E-state index is 0. The Hall–Kier alpha value is 0.830. The van der Waals surface area contributed by atoms with Crippen molar-refractivity contribution < 1.29 is 13.0 Å². The molecule has 0 aliphatic heterocycles. The molecule has 0 bridgehead atoms. The van der Waals surface area contributed by atoms with Crippen LogP contribution in [-0.2, 0) is 10.1 Å². The fourth-order valence-corrected chi connectivity index (χ4v) is 1.70. The molecule has 0 amide bonds. The van der Waals surface area contributed by atoms with Crippen molar-refractivity contribution in [2.45, 2.75) is 6.42 Å². The Kier molecular flexibility index (Phi) is 9.25. The van der Waals surface area contributed by atoms with Crippen LogP contribution < -0.4 is 11.5 Å². The van der Waals surface area contributed by atoms with Crippen LogP contribution in [0.5, 0.6) is 0 Å². The van der Waals surface area contributed by atoms with Gasteiger partial charge in [-0.3, -0.25) is 4.55 Å². The van der Waals surface area contributed by atoms with Crippen molar-refractivity contribution in [1.29, 1.82) is 0 Å². The summed E-state index contributed by atoms with van der Waals surface area (Å²) in [6.45, 7) is 0.619. The molecule has 0 aliphatic carbocycles. The first-order valence-corrected chi connectivity index (χ1v) is 4.95. The zero-order valence-corrected chi connectivity index (χ0v) is 7.05. The summed E-state index contributed by atoms with van der Waals surface area (Å²) in [5.41, 5.74) is 10.4.